The molecule has 0 fully saturated rings. The maximum absolute atomic E-state index is 5.08. The van der Waals surface area contributed by atoms with Gasteiger partial charge in [0.05, 0.1) is 22.8 Å². The summed E-state index contributed by atoms with van der Waals surface area (Å²) in [6.07, 6.45) is 20.8. The first kappa shape index (κ1) is 28.0. The Morgan fingerprint density at radius 1 is 0.441 bits per heavy atom. The Hall–Kier alpha value is -2.22. The molecule has 2 aromatic rings. The molecule has 0 radical (unpaired) electrons. The lowest BCUT2D eigenvalue weighted by Crippen LogP contribution is -2.14. The van der Waals surface area contributed by atoms with E-state index in [0.29, 0.717) is 0 Å². The average molecular weight is 461 g/mol. The predicted octanol–water partition coefficient (Wildman–Crippen LogP) is 10.8. The van der Waals surface area contributed by atoms with Gasteiger partial charge in [0.25, 0.3) is 0 Å². The van der Waals surface area contributed by atoms with Gasteiger partial charge in [-0.15, -0.1) is 0 Å². The summed E-state index contributed by atoms with van der Waals surface area (Å²) in [5.41, 5.74) is 4.41. The quantitative estimate of drug-likeness (QED) is 0.147. The molecular weight excluding hydrogens is 412 g/mol. The zero-order chi connectivity index (χ0) is 24.1. The minimum absolute atomic E-state index is 0.995. The normalized spacial score (nSPS) is 12.3. The molecule has 0 amide bonds. The summed E-state index contributed by atoms with van der Waals surface area (Å²) in [5, 5.41) is 0. The van der Waals surface area contributed by atoms with E-state index in [1.807, 2.05) is 0 Å². The molecule has 0 aliphatic rings. The molecule has 0 N–H and O–H groups in total. The van der Waals surface area contributed by atoms with Crippen LogP contribution in [0.1, 0.15) is 117 Å². The SMILES string of the molecule is CCCCCCCCCCCCCCC(=Nc1ccccc1)C(CCCC)=Nc1ccccc1. The molecule has 0 aromatic heterocycles. The molecule has 0 spiro atoms. The standard InChI is InChI=1S/C32H48N2/c1-3-5-7-8-9-10-11-12-13-14-15-22-28-32(34-30-25-20-17-21-26-30)31(27-6-4-2)33-29-23-18-16-19-24-29/h16-21,23-26H,3-15,22,27-28H2,1-2H3. The molecule has 0 saturated heterocycles. The Morgan fingerprint density at radius 2 is 0.794 bits per heavy atom. The van der Waals surface area contributed by atoms with Crippen molar-refractivity contribution in [3.63, 3.8) is 0 Å². The molecule has 0 saturated carbocycles. The van der Waals surface area contributed by atoms with Crippen LogP contribution < -0.4 is 0 Å². The van der Waals surface area contributed by atoms with Gasteiger partial charge in [-0.05, 0) is 49.9 Å². The Morgan fingerprint density at radius 3 is 1.21 bits per heavy atom. The summed E-state index contributed by atoms with van der Waals surface area (Å²) in [5.74, 6) is 0. The first-order chi connectivity index (χ1) is 16.8. The summed E-state index contributed by atoms with van der Waals surface area (Å²) in [6, 6.07) is 20.8. The molecule has 2 aromatic carbocycles. The van der Waals surface area contributed by atoms with E-state index in [-0.39, 0.29) is 0 Å². The molecule has 0 aliphatic heterocycles. The molecule has 2 nitrogen and oxygen atoms in total. The fraction of sp³-hybridized carbons (Fsp3) is 0.562. The number of nitrogens with zero attached hydrogens (tertiary/aromatic N) is 2. The van der Waals surface area contributed by atoms with Gasteiger partial charge in [-0.2, -0.15) is 0 Å². The Balaban J connectivity index is 1.87. The van der Waals surface area contributed by atoms with E-state index < -0.39 is 0 Å². The fourth-order valence-corrected chi connectivity index (χ4v) is 4.32. The number of unbranched alkanes of at least 4 members (excludes halogenated alkanes) is 12. The van der Waals surface area contributed by atoms with Crippen molar-refractivity contribution in [2.24, 2.45) is 9.98 Å². The van der Waals surface area contributed by atoms with E-state index in [2.05, 4.69) is 74.5 Å². The van der Waals surface area contributed by atoms with E-state index in [0.717, 1.165) is 30.6 Å². The van der Waals surface area contributed by atoms with Crippen molar-refractivity contribution in [3.05, 3.63) is 60.7 Å². The van der Waals surface area contributed by atoms with E-state index in [9.17, 15) is 0 Å². The first-order valence-electron chi connectivity index (χ1n) is 14.1. The monoisotopic (exact) mass is 460 g/mol. The van der Waals surface area contributed by atoms with E-state index in [4.69, 9.17) is 9.98 Å². The summed E-state index contributed by atoms with van der Waals surface area (Å²) in [7, 11) is 0. The summed E-state index contributed by atoms with van der Waals surface area (Å²) >= 11 is 0. The molecule has 0 atom stereocenters. The third-order valence-corrected chi connectivity index (χ3v) is 6.41. The highest BCUT2D eigenvalue weighted by atomic mass is 14.8. The topological polar surface area (TPSA) is 24.7 Å². The zero-order valence-electron chi connectivity index (χ0n) is 22.0. The molecule has 186 valence electrons. The van der Waals surface area contributed by atoms with Crippen LogP contribution in [0, 0.1) is 0 Å². The van der Waals surface area contributed by atoms with Crippen LogP contribution in [-0.2, 0) is 0 Å². The Labute approximate surface area is 210 Å². The summed E-state index contributed by atoms with van der Waals surface area (Å²) in [6.45, 7) is 4.54. The lowest BCUT2D eigenvalue weighted by Gasteiger charge is -2.11. The van der Waals surface area contributed by atoms with Crippen molar-refractivity contribution in [2.75, 3.05) is 0 Å². The molecule has 2 rings (SSSR count). The van der Waals surface area contributed by atoms with Crippen LogP contribution in [0.25, 0.3) is 0 Å². The second-order valence-corrected chi connectivity index (χ2v) is 9.53. The van der Waals surface area contributed by atoms with Crippen molar-refractivity contribution in [2.45, 2.75) is 117 Å². The number of hydrogen-bond donors (Lipinski definition) is 0. The van der Waals surface area contributed by atoms with E-state index >= 15 is 0 Å². The van der Waals surface area contributed by atoms with Crippen molar-refractivity contribution >= 4 is 22.8 Å². The minimum atomic E-state index is 0.995. The molecule has 0 heterocycles. The number of para-hydroxylation sites is 2. The van der Waals surface area contributed by atoms with Crippen molar-refractivity contribution < 1.29 is 0 Å². The van der Waals surface area contributed by atoms with E-state index in [1.165, 1.54) is 94.9 Å². The molecule has 34 heavy (non-hydrogen) atoms. The van der Waals surface area contributed by atoms with Crippen molar-refractivity contribution in [1.29, 1.82) is 0 Å². The number of benzene rings is 2. The van der Waals surface area contributed by atoms with Gasteiger partial charge in [0.2, 0.25) is 0 Å². The van der Waals surface area contributed by atoms with Crippen LogP contribution >= 0.6 is 0 Å². The van der Waals surface area contributed by atoms with Crippen LogP contribution in [0.5, 0.6) is 0 Å². The number of hydrogen-bond acceptors (Lipinski definition) is 2. The van der Waals surface area contributed by atoms with Gasteiger partial charge < -0.3 is 0 Å². The van der Waals surface area contributed by atoms with E-state index in [1.54, 1.807) is 0 Å². The van der Waals surface area contributed by atoms with Gasteiger partial charge in [-0.3, -0.25) is 9.98 Å². The van der Waals surface area contributed by atoms with Gasteiger partial charge in [-0.25, -0.2) is 0 Å². The maximum Gasteiger partial charge on any atom is 0.0633 e. The van der Waals surface area contributed by atoms with Gasteiger partial charge >= 0.3 is 0 Å². The van der Waals surface area contributed by atoms with Crippen LogP contribution in [0.2, 0.25) is 0 Å². The first-order valence-corrected chi connectivity index (χ1v) is 14.1. The Bertz CT molecular complexity index is 792. The lowest BCUT2D eigenvalue weighted by atomic mass is 10.0. The highest BCUT2D eigenvalue weighted by Gasteiger charge is 2.10. The van der Waals surface area contributed by atoms with Gasteiger partial charge in [-0.1, -0.05) is 127 Å². The largest absolute Gasteiger partial charge is 0.252 e. The fourth-order valence-electron chi connectivity index (χ4n) is 4.32. The smallest absolute Gasteiger partial charge is 0.0633 e. The average Bonchev–Trinajstić information content (AvgIpc) is 2.87. The zero-order valence-corrected chi connectivity index (χ0v) is 22.0. The second kappa shape index (κ2) is 19.1. The lowest BCUT2D eigenvalue weighted by molar-refractivity contribution is 0.546. The van der Waals surface area contributed by atoms with Crippen LogP contribution in [0.15, 0.2) is 70.6 Å². The van der Waals surface area contributed by atoms with Crippen LogP contribution in [0.3, 0.4) is 0 Å². The Kier molecular flexibility index (Phi) is 15.8. The van der Waals surface area contributed by atoms with Gasteiger partial charge in [0.15, 0.2) is 0 Å². The van der Waals surface area contributed by atoms with Crippen LogP contribution in [-0.4, -0.2) is 11.4 Å². The second-order valence-electron chi connectivity index (χ2n) is 9.53. The number of rotatable bonds is 19. The van der Waals surface area contributed by atoms with Gasteiger partial charge in [0.1, 0.15) is 0 Å². The third-order valence-electron chi connectivity index (χ3n) is 6.41. The summed E-state index contributed by atoms with van der Waals surface area (Å²) < 4.78 is 0. The van der Waals surface area contributed by atoms with Crippen molar-refractivity contribution in [3.8, 4) is 0 Å². The minimum Gasteiger partial charge on any atom is -0.252 e. The molecule has 2 heteroatoms. The van der Waals surface area contributed by atoms with Crippen molar-refractivity contribution in [1.82, 2.24) is 0 Å². The molecule has 0 unspecified atom stereocenters. The highest BCUT2D eigenvalue weighted by Crippen LogP contribution is 2.19. The molecular formula is C32H48N2. The van der Waals surface area contributed by atoms with Crippen LogP contribution in [0.4, 0.5) is 11.4 Å². The predicted molar refractivity (Wildman–Crippen MR) is 152 cm³/mol. The third kappa shape index (κ3) is 12.9. The molecule has 0 bridgehead atoms. The van der Waals surface area contributed by atoms with Gasteiger partial charge in [0, 0.05) is 0 Å². The summed E-state index contributed by atoms with van der Waals surface area (Å²) in [4.78, 5) is 10.1. The maximum atomic E-state index is 5.08. The highest BCUT2D eigenvalue weighted by molar-refractivity contribution is 6.43. The number of aliphatic imine (C=N–C) groups is 2. The molecule has 0 aliphatic carbocycles.